The van der Waals surface area contributed by atoms with Crippen molar-refractivity contribution in [1.29, 1.82) is 0 Å². The Morgan fingerprint density at radius 1 is 0.919 bits per heavy atom. The quantitative estimate of drug-likeness (QED) is 0.155. The normalized spacial score (nSPS) is 14.5. The summed E-state index contributed by atoms with van der Waals surface area (Å²) in [7, 11) is -3.39. The van der Waals surface area contributed by atoms with Gasteiger partial charge in [0.1, 0.15) is 12.0 Å². The molecule has 0 fully saturated rings. The average molecular weight is 538 g/mol. The van der Waals surface area contributed by atoms with E-state index in [-0.39, 0.29) is 12.6 Å². The maximum absolute atomic E-state index is 13.5. The minimum absolute atomic E-state index is 0.0178. The van der Waals surface area contributed by atoms with Crippen LogP contribution in [0.2, 0.25) is 0 Å². The number of unbranched alkanes of at least 4 members (excludes halogenated alkanes) is 2. The van der Waals surface area contributed by atoms with Crippen LogP contribution in [0.5, 0.6) is 0 Å². The Morgan fingerprint density at radius 3 is 1.92 bits per heavy atom. The molecule has 1 aliphatic carbocycles. The summed E-state index contributed by atoms with van der Waals surface area (Å²) in [6.45, 7) is 3.23. The number of hydrogen-bond donors (Lipinski definition) is 1. The van der Waals surface area contributed by atoms with Gasteiger partial charge in [0, 0.05) is 0 Å². The lowest BCUT2D eigenvalue weighted by atomic mass is 9.74. The first-order valence-corrected chi connectivity index (χ1v) is 14.5. The molecule has 0 saturated heterocycles. The molecule has 1 amide bonds. The molecule has 202 valence electrons. The van der Waals surface area contributed by atoms with Gasteiger partial charge in [-0.1, -0.05) is 87.4 Å². The zero-order valence-corrected chi connectivity index (χ0v) is 22.2. The van der Waals surface area contributed by atoms with E-state index in [0.29, 0.717) is 24.3 Å². The molecule has 0 atom stereocenters. The molecule has 1 N–H and O–H groups in total. The summed E-state index contributed by atoms with van der Waals surface area (Å²) < 4.78 is 63.6. The molecule has 0 bridgehead atoms. The highest BCUT2D eigenvalue weighted by Crippen LogP contribution is 2.52. The fourth-order valence-corrected chi connectivity index (χ4v) is 6.02. The van der Waals surface area contributed by atoms with Crippen LogP contribution in [-0.2, 0) is 23.8 Å². The molecule has 3 rings (SSSR count). The second-order valence-corrected chi connectivity index (χ2v) is 11.2. The number of rotatable bonds is 14. The third-order valence-corrected chi connectivity index (χ3v) is 8.20. The van der Waals surface area contributed by atoms with Gasteiger partial charge in [0.05, 0.1) is 19.4 Å². The lowest BCUT2D eigenvalue weighted by molar-refractivity contribution is -0.140. The molecule has 0 aliphatic heterocycles. The fourth-order valence-electron chi connectivity index (χ4n) is 4.52. The Labute approximate surface area is 217 Å². The van der Waals surface area contributed by atoms with Gasteiger partial charge in [0.25, 0.3) is 0 Å². The minimum atomic E-state index is -4.54. The van der Waals surface area contributed by atoms with Gasteiger partial charge in [-0.05, 0) is 41.5 Å². The van der Waals surface area contributed by atoms with Gasteiger partial charge in [0.15, 0.2) is 0 Å². The fraction of sp³-hybridized carbons (Fsp3) is 0.464. The van der Waals surface area contributed by atoms with Crippen LogP contribution in [0.4, 0.5) is 13.2 Å². The van der Waals surface area contributed by atoms with Gasteiger partial charge >= 0.3 is 13.8 Å². The number of alkyl halides is 3. The van der Waals surface area contributed by atoms with Crippen molar-refractivity contribution in [2.24, 2.45) is 0 Å². The Morgan fingerprint density at radius 2 is 1.43 bits per heavy atom. The van der Waals surface area contributed by atoms with Crippen molar-refractivity contribution in [3.63, 3.8) is 0 Å². The minimum Gasteiger partial charge on any atom is -0.346 e. The summed E-state index contributed by atoms with van der Waals surface area (Å²) >= 11 is 0. The maximum Gasteiger partial charge on any atom is 0.405 e. The average Bonchev–Trinajstić information content (AvgIpc) is 3.16. The Hall–Kier alpha value is -2.41. The van der Waals surface area contributed by atoms with Gasteiger partial charge in [-0.15, -0.1) is 0 Å². The molecule has 0 spiro atoms. The van der Waals surface area contributed by atoms with E-state index in [4.69, 9.17) is 9.05 Å². The zero-order chi connectivity index (χ0) is 26.9. The van der Waals surface area contributed by atoms with Crippen molar-refractivity contribution in [2.75, 3.05) is 25.9 Å². The van der Waals surface area contributed by atoms with E-state index >= 15 is 0 Å². The Kier molecular flexibility index (Phi) is 10.2. The van der Waals surface area contributed by atoms with Gasteiger partial charge in [-0.25, -0.2) is 0 Å². The number of hydrogen-bond acceptors (Lipinski definition) is 4. The third-order valence-electron chi connectivity index (χ3n) is 6.39. The summed E-state index contributed by atoms with van der Waals surface area (Å²) in [5, 5.41) is 2.11. The lowest BCUT2D eigenvalue weighted by Gasteiger charge is -2.30. The molecular weight excluding hydrogens is 502 g/mol. The predicted octanol–water partition coefficient (Wildman–Crippen LogP) is 7.40. The molecule has 1 aliphatic rings. The maximum atomic E-state index is 13.5. The van der Waals surface area contributed by atoms with Gasteiger partial charge in [-0.3, -0.25) is 9.36 Å². The van der Waals surface area contributed by atoms with Crippen LogP contribution >= 0.6 is 7.60 Å². The smallest absolute Gasteiger partial charge is 0.346 e. The van der Waals surface area contributed by atoms with Gasteiger partial charge in [-0.2, -0.15) is 13.2 Å². The highest BCUT2D eigenvalue weighted by Gasteiger charge is 2.48. The van der Waals surface area contributed by atoms with Crippen molar-refractivity contribution in [1.82, 2.24) is 5.32 Å². The zero-order valence-electron chi connectivity index (χ0n) is 21.4. The first-order chi connectivity index (χ1) is 17.7. The molecule has 0 radical (unpaired) electrons. The van der Waals surface area contributed by atoms with Crippen molar-refractivity contribution in [2.45, 2.75) is 57.5 Å². The van der Waals surface area contributed by atoms with Crippen molar-refractivity contribution in [3.05, 3.63) is 71.8 Å². The number of allylic oxidation sites excluding steroid dienone is 2. The van der Waals surface area contributed by atoms with Crippen LogP contribution in [0.15, 0.2) is 60.7 Å². The molecule has 5 nitrogen and oxygen atoms in total. The van der Waals surface area contributed by atoms with Crippen LogP contribution in [0.1, 0.15) is 57.1 Å². The highest BCUT2D eigenvalue weighted by molar-refractivity contribution is 7.54. The molecule has 9 heteroatoms. The molecule has 2 aromatic carbocycles. The molecule has 0 saturated carbocycles. The van der Waals surface area contributed by atoms with E-state index in [9.17, 15) is 22.5 Å². The molecular formula is C28H35F3NO4P. The van der Waals surface area contributed by atoms with Gasteiger partial charge < -0.3 is 14.4 Å². The molecule has 2 aromatic rings. The second kappa shape index (κ2) is 12.9. The first kappa shape index (κ1) is 29.2. The van der Waals surface area contributed by atoms with Crippen molar-refractivity contribution >= 4 is 13.5 Å². The first-order valence-electron chi connectivity index (χ1n) is 12.7. The molecule has 0 aromatic heterocycles. The second-order valence-electron chi connectivity index (χ2n) is 9.14. The van der Waals surface area contributed by atoms with Crippen LogP contribution in [0.25, 0.3) is 11.1 Å². The lowest BCUT2D eigenvalue weighted by Crippen LogP contribution is -2.46. The van der Waals surface area contributed by atoms with Crippen molar-refractivity contribution in [3.8, 4) is 11.1 Å². The van der Waals surface area contributed by atoms with Crippen molar-refractivity contribution < 1.29 is 31.6 Å². The summed E-state index contributed by atoms with van der Waals surface area (Å²) in [4.78, 5) is 13.5. The number of nitrogens with one attached hydrogen (secondary N) is 1. The van der Waals surface area contributed by atoms with E-state index in [1.165, 1.54) is 0 Å². The number of fused-ring (bicyclic) bond motifs is 3. The monoisotopic (exact) mass is 537 g/mol. The highest BCUT2D eigenvalue weighted by atomic mass is 31.2. The summed E-state index contributed by atoms with van der Waals surface area (Å²) in [5.41, 5.74) is 1.55. The molecule has 0 unspecified atom stereocenters. The topological polar surface area (TPSA) is 64.6 Å². The van der Waals surface area contributed by atoms with E-state index in [2.05, 4.69) is 5.32 Å². The number of carbonyl (C=O) groups is 1. The largest absolute Gasteiger partial charge is 0.405 e. The predicted molar refractivity (Wildman–Crippen MR) is 140 cm³/mol. The van der Waals surface area contributed by atoms with Crippen LogP contribution < -0.4 is 5.32 Å². The summed E-state index contributed by atoms with van der Waals surface area (Å²) in [5.74, 6) is -0.728. The number of carbonyl (C=O) groups excluding carboxylic acids is 1. The van der Waals surface area contributed by atoms with E-state index in [0.717, 1.165) is 36.8 Å². The van der Waals surface area contributed by atoms with Crippen LogP contribution in [0, 0.1) is 0 Å². The standard InChI is InChI=1S/C28H35F3NO4P/c1-3-5-18-35-37(34,36-19-6-4-2)20-12-11-17-27(26(33)32-21-28(29,30)31)24-15-9-7-13-22(24)23-14-8-10-16-25(23)27/h7-16H,3-6,17-21H2,1-2H3,(H,32,33)/b12-11-. The van der Waals surface area contributed by atoms with E-state index in [1.54, 1.807) is 36.4 Å². The van der Waals surface area contributed by atoms with Crippen LogP contribution in [-0.4, -0.2) is 38.0 Å². The molecule has 0 heterocycles. The third kappa shape index (κ3) is 7.13. The summed E-state index contributed by atoms with van der Waals surface area (Å²) in [6.07, 6.45) is 2.20. The summed E-state index contributed by atoms with van der Waals surface area (Å²) in [6, 6.07) is 14.5. The van der Waals surface area contributed by atoms with Crippen LogP contribution in [0.3, 0.4) is 0 Å². The Balaban J connectivity index is 1.91. The number of amides is 1. The number of halogens is 3. The number of benzene rings is 2. The van der Waals surface area contributed by atoms with Gasteiger partial charge in [0.2, 0.25) is 5.91 Å². The Bertz CT molecular complexity index is 1070. The van der Waals surface area contributed by atoms with E-state index in [1.807, 2.05) is 38.1 Å². The molecule has 37 heavy (non-hydrogen) atoms. The van der Waals surface area contributed by atoms with E-state index < -0.39 is 31.6 Å². The SMILES string of the molecule is CCCCOP(=O)(C/C=C\CC1(C(=O)NCC(F)(F)F)c2ccccc2-c2ccccc21)OCCCC.